The van der Waals surface area contributed by atoms with E-state index in [2.05, 4.69) is 29.5 Å². The lowest BCUT2D eigenvalue weighted by atomic mass is 9.76. The summed E-state index contributed by atoms with van der Waals surface area (Å²) in [5, 5.41) is 6.99. The van der Waals surface area contributed by atoms with Gasteiger partial charge in [-0.05, 0) is 55.4 Å². The fourth-order valence-corrected chi connectivity index (χ4v) is 4.83. The number of amides is 2. The van der Waals surface area contributed by atoms with Gasteiger partial charge in [0.05, 0.1) is 10.6 Å². The largest absolute Gasteiger partial charge is 0.474 e. The number of hydrogen-bond donors (Lipinski definition) is 2. The molecule has 0 saturated heterocycles. The number of ether oxygens (including phenoxy) is 1. The Kier molecular flexibility index (Phi) is 7.98. The van der Waals surface area contributed by atoms with Gasteiger partial charge in [0.1, 0.15) is 11.9 Å². The Morgan fingerprint density at radius 3 is 2.50 bits per heavy atom. The molecule has 0 spiro atoms. The van der Waals surface area contributed by atoms with Crippen LogP contribution in [0, 0.1) is 16.6 Å². The van der Waals surface area contributed by atoms with Crippen LogP contribution in [0.2, 0.25) is 5.02 Å². The zero-order valence-corrected chi connectivity index (χ0v) is 23.3. The average molecular weight is 540 g/mol. The maximum Gasteiger partial charge on any atom is 0.260 e. The quantitative estimate of drug-likeness (QED) is 0.344. The highest BCUT2D eigenvalue weighted by Crippen LogP contribution is 2.38. The van der Waals surface area contributed by atoms with Crippen LogP contribution < -0.4 is 15.4 Å². The predicted molar refractivity (Wildman–Crippen MR) is 149 cm³/mol. The van der Waals surface area contributed by atoms with Crippen LogP contribution in [0.4, 0.5) is 10.1 Å². The minimum atomic E-state index is -0.768. The monoisotopic (exact) mass is 539 g/mol. The van der Waals surface area contributed by atoms with E-state index in [-0.39, 0.29) is 34.7 Å². The number of fused-ring (bicyclic) bond motifs is 1. The summed E-state index contributed by atoms with van der Waals surface area (Å²) in [6.45, 7) is 9.81. The van der Waals surface area contributed by atoms with Gasteiger partial charge in [-0.25, -0.2) is 9.37 Å². The lowest BCUT2D eigenvalue weighted by Crippen LogP contribution is -2.34. The third-order valence-electron chi connectivity index (χ3n) is 7.10. The standard InChI is InChI=1S/C30H35ClFN3O3/c1-29(2,3)28(37)34-17-18-9-10-22(31)24(25(18)32)26(36)35-23-8-6-7-21-20(23)13-16-33-27(21)38-19-11-14-30(4,5)15-12-19/h6-10,13,16,19H,11-12,14-15,17H2,1-5H3,(H,34,37)(H,35,36). The summed E-state index contributed by atoms with van der Waals surface area (Å²) in [7, 11) is 0. The van der Waals surface area contributed by atoms with E-state index in [1.54, 1.807) is 45.2 Å². The second kappa shape index (κ2) is 10.9. The average Bonchev–Trinajstić information content (AvgIpc) is 2.84. The first-order valence-electron chi connectivity index (χ1n) is 13.0. The molecule has 0 unspecified atom stereocenters. The Morgan fingerprint density at radius 1 is 1.11 bits per heavy atom. The third-order valence-corrected chi connectivity index (χ3v) is 7.42. The zero-order valence-electron chi connectivity index (χ0n) is 22.6. The number of aromatic nitrogens is 1. The minimum absolute atomic E-state index is 0.0166. The molecule has 1 aliphatic carbocycles. The van der Waals surface area contributed by atoms with Crippen LogP contribution in [-0.2, 0) is 11.3 Å². The molecule has 0 aliphatic heterocycles. The molecule has 1 saturated carbocycles. The molecule has 202 valence electrons. The topological polar surface area (TPSA) is 80.3 Å². The molecule has 0 bridgehead atoms. The first-order valence-corrected chi connectivity index (χ1v) is 13.3. The molecule has 38 heavy (non-hydrogen) atoms. The highest BCUT2D eigenvalue weighted by atomic mass is 35.5. The van der Waals surface area contributed by atoms with E-state index in [1.807, 2.05) is 6.07 Å². The van der Waals surface area contributed by atoms with Crippen molar-refractivity contribution in [3.05, 3.63) is 64.6 Å². The minimum Gasteiger partial charge on any atom is -0.474 e. The van der Waals surface area contributed by atoms with Gasteiger partial charge in [0, 0.05) is 40.2 Å². The van der Waals surface area contributed by atoms with Crippen molar-refractivity contribution in [2.24, 2.45) is 10.8 Å². The van der Waals surface area contributed by atoms with Crippen molar-refractivity contribution in [3.63, 3.8) is 0 Å². The van der Waals surface area contributed by atoms with E-state index < -0.39 is 17.1 Å². The first kappa shape index (κ1) is 27.8. The smallest absolute Gasteiger partial charge is 0.260 e. The van der Waals surface area contributed by atoms with Gasteiger partial charge in [-0.3, -0.25) is 9.59 Å². The molecule has 4 rings (SSSR count). The molecule has 8 heteroatoms. The van der Waals surface area contributed by atoms with Gasteiger partial charge < -0.3 is 15.4 Å². The summed E-state index contributed by atoms with van der Waals surface area (Å²) in [6, 6.07) is 10.2. The van der Waals surface area contributed by atoms with Gasteiger partial charge >= 0.3 is 0 Å². The van der Waals surface area contributed by atoms with E-state index in [1.165, 1.54) is 12.1 Å². The number of hydrogen-bond acceptors (Lipinski definition) is 4. The van der Waals surface area contributed by atoms with Crippen molar-refractivity contribution in [3.8, 4) is 5.88 Å². The maximum absolute atomic E-state index is 15.4. The normalized spacial score (nSPS) is 15.8. The Bertz CT molecular complexity index is 1360. The lowest BCUT2D eigenvalue weighted by molar-refractivity contribution is -0.128. The molecule has 3 aromatic rings. The second-order valence-electron chi connectivity index (χ2n) is 11.8. The van der Waals surface area contributed by atoms with Crippen molar-refractivity contribution in [1.82, 2.24) is 10.3 Å². The third kappa shape index (κ3) is 6.26. The molecule has 6 nitrogen and oxygen atoms in total. The SMILES string of the molecule is CC1(C)CCC(Oc2nccc3c(NC(=O)c4c(Cl)ccc(CNC(=O)C(C)(C)C)c4F)cccc23)CC1. The molecular formula is C30H35ClFN3O3. The number of carbonyl (C=O) groups excluding carboxylic acids is 2. The molecule has 2 aromatic carbocycles. The summed E-state index contributed by atoms with van der Waals surface area (Å²) < 4.78 is 21.7. The number of anilines is 1. The van der Waals surface area contributed by atoms with Gasteiger partial charge in [0.15, 0.2) is 0 Å². The molecule has 1 fully saturated rings. The second-order valence-corrected chi connectivity index (χ2v) is 12.2. The van der Waals surface area contributed by atoms with Gasteiger partial charge in [-0.15, -0.1) is 0 Å². The van der Waals surface area contributed by atoms with Gasteiger partial charge in [0.2, 0.25) is 11.8 Å². The summed E-state index contributed by atoms with van der Waals surface area (Å²) >= 11 is 6.25. The van der Waals surface area contributed by atoms with Crippen LogP contribution in [0.15, 0.2) is 42.6 Å². The van der Waals surface area contributed by atoms with Crippen LogP contribution in [0.25, 0.3) is 10.8 Å². The Morgan fingerprint density at radius 2 is 1.82 bits per heavy atom. The van der Waals surface area contributed by atoms with Crippen LogP contribution in [0.3, 0.4) is 0 Å². The highest BCUT2D eigenvalue weighted by Gasteiger charge is 2.29. The van der Waals surface area contributed by atoms with Gasteiger partial charge in [-0.1, -0.05) is 58.4 Å². The van der Waals surface area contributed by atoms with Gasteiger partial charge in [0.25, 0.3) is 5.91 Å². The van der Waals surface area contributed by atoms with Gasteiger partial charge in [-0.2, -0.15) is 0 Å². The number of nitrogens with one attached hydrogen (secondary N) is 2. The van der Waals surface area contributed by atoms with E-state index >= 15 is 4.39 Å². The summed E-state index contributed by atoms with van der Waals surface area (Å²) in [6.07, 6.45) is 5.85. The predicted octanol–water partition coefficient (Wildman–Crippen LogP) is 7.29. The molecule has 0 atom stereocenters. The maximum atomic E-state index is 15.4. The molecule has 1 heterocycles. The Labute approximate surface area is 228 Å². The number of halogens is 2. The number of nitrogens with zero attached hydrogens (tertiary/aromatic N) is 1. The number of rotatable bonds is 6. The van der Waals surface area contributed by atoms with Crippen LogP contribution >= 0.6 is 11.6 Å². The zero-order chi connectivity index (χ0) is 27.7. The van der Waals surface area contributed by atoms with E-state index in [4.69, 9.17) is 16.3 Å². The van der Waals surface area contributed by atoms with Crippen molar-refractivity contribution in [2.75, 3.05) is 5.32 Å². The Hall–Kier alpha value is -3.19. The van der Waals surface area contributed by atoms with E-state index in [0.29, 0.717) is 17.0 Å². The first-order chi connectivity index (χ1) is 17.9. The molecule has 1 aromatic heterocycles. The molecule has 2 N–H and O–H groups in total. The summed E-state index contributed by atoms with van der Waals surface area (Å²) in [5.74, 6) is -1.16. The molecular weight excluding hydrogens is 505 g/mol. The molecule has 1 aliphatic rings. The van der Waals surface area contributed by atoms with Crippen LogP contribution in [0.5, 0.6) is 5.88 Å². The molecule has 2 amide bonds. The van der Waals surface area contributed by atoms with Crippen molar-refractivity contribution in [1.29, 1.82) is 0 Å². The molecule has 0 radical (unpaired) electrons. The summed E-state index contributed by atoms with van der Waals surface area (Å²) in [4.78, 5) is 29.9. The van der Waals surface area contributed by atoms with Crippen molar-refractivity contribution < 1.29 is 18.7 Å². The lowest BCUT2D eigenvalue weighted by Gasteiger charge is -2.34. The summed E-state index contributed by atoms with van der Waals surface area (Å²) in [5.41, 5.74) is 0.0939. The van der Waals surface area contributed by atoms with E-state index in [0.717, 1.165) is 36.5 Å². The van der Waals surface area contributed by atoms with Crippen LogP contribution in [0.1, 0.15) is 76.2 Å². The highest BCUT2D eigenvalue weighted by molar-refractivity contribution is 6.34. The van der Waals surface area contributed by atoms with Crippen molar-refractivity contribution in [2.45, 2.75) is 73.0 Å². The fraction of sp³-hybridized carbons (Fsp3) is 0.433. The number of pyridine rings is 1. The van der Waals surface area contributed by atoms with Crippen LogP contribution in [-0.4, -0.2) is 22.9 Å². The number of carbonyl (C=O) groups is 2. The van der Waals surface area contributed by atoms with E-state index in [9.17, 15) is 9.59 Å². The van der Waals surface area contributed by atoms with Crippen molar-refractivity contribution >= 4 is 39.9 Å². The Balaban J connectivity index is 1.56. The number of benzene rings is 2. The fourth-order valence-electron chi connectivity index (χ4n) is 4.60.